The minimum absolute atomic E-state index is 0.0165. The Morgan fingerprint density at radius 1 is 1.13 bits per heavy atom. The highest BCUT2D eigenvalue weighted by Crippen LogP contribution is 2.29. The van der Waals surface area contributed by atoms with Crippen molar-refractivity contribution in [3.8, 4) is 5.75 Å². The van der Waals surface area contributed by atoms with Crippen molar-refractivity contribution in [2.45, 2.75) is 13.5 Å². The van der Waals surface area contributed by atoms with Gasteiger partial charge in [0.15, 0.2) is 11.6 Å². The highest BCUT2D eigenvalue weighted by atomic mass is 32.1. The van der Waals surface area contributed by atoms with Crippen LogP contribution >= 0.6 is 11.3 Å². The van der Waals surface area contributed by atoms with Crippen molar-refractivity contribution in [2.75, 3.05) is 6.61 Å². The Bertz CT molecular complexity index is 1250. The Kier molecular flexibility index (Phi) is 5.28. The van der Waals surface area contributed by atoms with E-state index in [0.29, 0.717) is 5.01 Å². The molecule has 0 unspecified atom stereocenters. The number of ether oxygens (including phenoxy) is 2. The standard InChI is InChI=1S/C21H15FN2O5S/c1-2-28-21(27)16-7-12(20(25)26)11-8-17(13(22)9-15(11)23-16)29-10-19-24-14-5-3-4-6-18(14)30-19/h3-9H,2,10H2,1H3,(H,25,26). The van der Waals surface area contributed by atoms with Crippen LogP contribution < -0.4 is 4.74 Å². The number of carbonyl (C=O) groups is 2. The zero-order chi connectivity index (χ0) is 21.3. The van der Waals surface area contributed by atoms with Gasteiger partial charge in [0, 0.05) is 11.5 Å². The number of thiazole rings is 1. The Labute approximate surface area is 173 Å². The van der Waals surface area contributed by atoms with Gasteiger partial charge in [-0.2, -0.15) is 0 Å². The maximum Gasteiger partial charge on any atom is 0.356 e. The first-order valence-electron chi connectivity index (χ1n) is 8.98. The number of esters is 1. The molecule has 0 bridgehead atoms. The van der Waals surface area contributed by atoms with Crippen LogP contribution in [0.4, 0.5) is 4.39 Å². The third kappa shape index (κ3) is 3.79. The van der Waals surface area contributed by atoms with E-state index >= 15 is 0 Å². The molecule has 1 N–H and O–H groups in total. The summed E-state index contributed by atoms with van der Waals surface area (Å²) in [5, 5.41) is 10.4. The van der Waals surface area contributed by atoms with Gasteiger partial charge in [0.05, 0.1) is 27.9 Å². The van der Waals surface area contributed by atoms with Gasteiger partial charge in [0.2, 0.25) is 0 Å². The summed E-state index contributed by atoms with van der Waals surface area (Å²) < 4.78 is 26.0. The molecule has 0 aliphatic carbocycles. The number of benzene rings is 2. The zero-order valence-corrected chi connectivity index (χ0v) is 16.5. The number of hydrogen-bond donors (Lipinski definition) is 1. The molecule has 0 atom stereocenters. The molecule has 4 aromatic rings. The van der Waals surface area contributed by atoms with E-state index in [0.717, 1.165) is 22.3 Å². The minimum Gasteiger partial charge on any atom is -0.483 e. The highest BCUT2D eigenvalue weighted by molar-refractivity contribution is 7.18. The van der Waals surface area contributed by atoms with E-state index in [4.69, 9.17) is 9.47 Å². The number of nitrogens with zero attached hydrogens (tertiary/aromatic N) is 2. The second-order valence-corrected chi connectivity index (χ2v) is 7.36. The fraction of sp³-hybridized carbons (Fsp3) is 0.143. The van der Waals surface area contributed by atoms with Crippen LogP contribution in [0.25, 0.3) is 21.1 Å². The predicted octanol–water partition coefficient (Wildman–Crippen LogP) is 4.44. The van der Waals surface area contributed by atoms with E-state index in [2.05, 4.69) is 9.97 Å². The molecule has 0 aliphatic heterocycles. The van der Waals surface area contributed by atoms with Gasteiger partial charge in [0.1, 0.15) is 17.3 Å². The van der Waals surface area contributed by atoms with Crippen molar-refractivity contribution in [2.24, 2.45) is 0 Å². The average Bonchev–Trinajstić information content (AvgIpc) is 3.14. The molecule has 152 valence electrons. The maximum absolute atomic E-state index is 14.6. The van der Waals surface area contributed by atoms with Crippen LogP contribution in [0.5, 0.6) is 5.75 Å². The lowest BCUT2D eigenvalue weighted by Crippen LogP contribution is -2.10. The molecular weight excluding hydrogens is 411 g/mol. The number of rotatable bonds is 6. The second-order valence-electron chi connectivity index (χ2n) is 6.24. The van der Waals surface area contributed by atoms with Crippen LogP contribution in [0.1, 0.15) is 32.8 Å². The topological polar surface area (TPSA) is 98.6 Å². The van der Waals surface area contributed by atoms with Crippen molar-refractivity contribution < 1.29 is 28.6 Å². The molecule has 7 nitrogen and oxygen atoms in total. The van der Waals surface area contributed by atoms with E-state index < -0.39 is 17.8 Å². The first-order chi connectivity index (χ1) is 14.5. The number of aromatic nitrogens is 2. The van der Waals surface area contributed by atoms with Crippen LogP contribution in [-0.4, -0.2) is 33.6 Å². The number of para-hydroxylation sites is 1. The maximum atomic E-state index is 14.6. The van der Waals surface area contributed by atoms with Gasteiger partial charge in [-0.05, 0) is 31.2 Å². The smallest absolute Gasteiger partial charge is 0.356 e. The summed E-state index contributed by atoms with van der Waals surface area (Å²) in [5.74, 6) is -2.92. The third-order valence-electron chi connectivity index (χ3n) is 4.27. The summed E-state index contributed by atoms with van der Waals surface area (Å²) in [6.45, 7) is 1.75. The molecule has 0 fully saturated rings. The van der Waals surface area contributed by atoms with Gasteiger partial charge in [-0.3, -0.25) is 0 Å². The number of carbonyl (C=O) groups excluding carboxylic acids is 1. The van der Waals surface area contributed by atoms with Crippen LogP contribution in [-0.2, 0) is 11.3 Å². The molecule has 9 heteroatoms. The van der Waals surface area contributed by atoms with Crippen molar-refractivity contribution in [1.29, 1.82) is 0 Å². The van der Waals surface area contributed by atoms with Crippen LogP contribution in [0.2, 0.25) is 0 Å². The summed E-state index contributed by atoms with van der Waals surface area (Å²) in [7, 11) is 0. The van der Waals surface area contributed by atoms with Gasteiger partial charge in [-0.1, -0.05) is 12.1 Å². The zero-order valence-electron chi connectivity index (χ0n) is 15.7. The van der Waals surface area contributed by atoms with Crippen LogP contribution in [0.15, 0.2) is 42.5 Å². The molecule has 2 aromatic heterocycles. The van der Waals surface area contributed by atoms with E-state index in [9.17, 15) is 19.1 Å². The Hall–Kier alpha value is -3.59. The molecule has 0 aliphatic rings. The fourth-order valence-electron chi connectivity index (χ4n) is 2.95. The number of fused-ring (bicyclic) bond motifs is 2. The third-order valence-corrected chi connectivity index (χ3v) is 5.28. The minimum atomic E-state index is -1.28. The normalized spacial score (nSPS) is 11.0. The molecule has 30 heavy (non-hydrogen) atoms. The van der Waals surface area contributed by atoms with Crippen molar-refractivity contribution in [3.05, 3.63) is 64.5 Å². The Morgan fingerprint density at radius 2 is 1.93 bits per heavy atom. The molecular formula is C21H15FN2O5S. The number of pyridine rings is 1. The van der Waals surface area contributed by atoms with Crippen LogP contribution in [0.3, 0.4) is 0 Å². The molecule has 0 amide bonds. The largest absolute Gasteiger partial charge is 0.483 e. The SMILES string of the molecule is CCOC(=O)c1cc(C(=O)O)c2cc(OCc3nc4ccccc4s3)c(F)cc2n1. The summed E-state index contributed by atoms with van der Waals surface area (Å²) in [4.78, 5) is 32.1. The van der Waals surface area contributed by atoms with E-state index in [1.54, 1.807) is 6.92 Å². The first kappa shape index (κ1) is 19.7. The van der Waals surface area contributed by atoms with Gasteiger partial charge in [-0.25, -0.2) is 23.9 Å². The molecule has 2 heterocycles. The van der Waals surface area contributed by atoms with Gasteiger partial charge in [0.25, 0.3) is 0 Å². The molecule has 0 saturated heterocycles. The van der Waals surface area contributed by atoms with E-state index in [-0.39, 0.29) is 41.1 Å². The number of aromatic carboxylic acids is 1. The number of carboxylic acids is 1. The Morgan fingerprint density at radius 3 is 2.67 bits per heavy atom. The number of carboxylic acid groups (broad SMARTS) is 1. The lowest BCUT2D eigenvalue weighted by Gasteiger charge is -2.10. The summed E-state index contributed by atoms with van der Waals surface area (Å²) in [6.07, 6.45) is 0. The fourth-order valence-corrected chi connectivity index (χ4v) is 3.83. The molecule has 0 saturated carbocycles. The van der Waals surface area contributed by atoms with E-state index in [1.807, 2.05) is 24.3 Å². The first-order valence-corrected chi connectivity index (χ1v) is 9.80. The van der Waals surface area contributed by atoms with Crippen molar-refractivity contribution in [3.63, 3.8) is 0 Å². The van der Waals surface area contributed by atoms with Crippen molar-refractivity contribution >= 4 is 44.4 Å². The summed E-state index contributed by atoms with van der Waals surface area (Å²) in [5.41, 5.74) is 0.434. The van der Waals surface area contributed by atoms with Gasteiger partial charge < -0.3 is 14.6 Å². The summed E-state index contributed by atoms with van der Waals surface area (Å²) in [6, 6.07) is 11.0. The molecule has 0 spiro atoms. The monoisotopic (exact) mass is 426 g/mol. The van der Waals surface area contributed by atoms with Gasteiger partial charge in [-0.15, -0.1) is 11.3 Å². The summed E-state index contributed by atoms with van der Waals surface area (Å²) >= 11 is 1.43. The molecule has 4 rings (SSSR count). The lowest BCUT2D eigenvalue weighted by molar-refractivity contribution is 0.0520. The highest BCUT2D eigenvalue weighted by Gasteiger charge is 2.19. The second kappa shape index (κ2) is 8.03. The molecule has 2 aromatic carbocycles. The Balaban J connectivity index is 1.69. The van der Waals surface area contributed by atoms with Gasteiger partial charge >= 0.3 is 11.9 Å². The average molecular weight is 426 g/mol. The number of halogens is 1. The van der Waals surface area contributed by atoms with Crippen molar-refractivity contribution in [1.82, 2.24) is 9.97 Å². The quantitative estimate of drug-likeness (QED) is 0.455. The lowest BCUT2D eigenvalue weighted by atomic mass is 10.1. The number of hydrogen-bond acceptors (Lipinski definition) is 7. The molecule has 0 radical (unpaired) electrons. The van der Waals surface area contributed by atoms with Crippen LogP contribution in [0, 0.1) is 5.82 Å². The predicted molar refractivity (Wildman–Crippen MR) is 109 cm³/mol. The van der Waals surface area contributed by atoms with E-state index in [1.165, 1.54) is 17.4 Å².